The molecular formula is C20H24FN5O2. The second kappa shape index (κ2) is 8.43. The highest BCUT2D eigenvalue weighted by atomic mass is 19.1. The molecule has 3 heterocycles. The van der Waals surface area contributed by atoms with Gasteiger partial charge in [0.05, 0.1) is 18.8 Å². The standard InChI is InChI=1S/C18H18FN5O2.C2H6/c1-11-7-13(3-4-14(11)19)17(25)23-5-6-26-16(9-23)15-8-12(2)22-18-20-10-21-24(15)18;1-2/h3-4,7-8,10,16H,5-6,9H2,1-2H3;1-2H3. The zero-order valence-electron chi connectivity index (χ0n) is 16.5. The number of fused-ring (bicyclic) bond motifs is 1. The predicted molar refractivity (Wildman–Crippen MR) is 103 cm³/mol. The third-order valence-corrected chi connectivity index (χ3v) is 4.50. The largest absolute Gasteiger partial charge is 0.368 e. The molecule has 148 valence electrons. The predicted octanol–water partition coefficient (Wildman–Crippen LogP) is 3.12. The molecule has 1 saturated heterocycles. The fourth-order valence-electron chi connectivity index (χ4n) is 3.16. The number of rotatable bonds is 2. The monoisotopic (exact) mass is 385 g/mol. The van der Waals surface area contributed by atoms with Gasteiger partial charge in [-0.2, -0.15) is 14.6 Å². The van der Waals surface area contributed by atoms with Gasteiger partial charge in [0.2, 0.25) is 0 Å². The zero-order chi connectivity index (χ0) is 20.3. The van der Waals surface area contributed by atoms with Gasteiger partial charge in [0, 0.05) is 17.8 Å². The Labute approximate surface area is 163 Å². The maximum atomic E-state index is 13.5. The molecule has 0 bridgehead atoms. The van der Waals surface area contributed by atoms with E-state index in [1.165, 1.54) is 18.5 Å². The third-order valence-electron chi connectivity index (χ3n) is 4.50. The molecule has 7 nitrogen and oxygen atoms in total. The van der Waals surface area contributed by atoms with Crippen molar-refractivity contribution in [3.05, 3.63) is 58.9 Å². The van der Waals surface area contributed by atoms with E-state index in [0.29, 0.717) is 36.6 Å². The van der Waals surface area contributed by atoms with Gasteiger partial charge < -0.3 is 9.64 Å². The highest BCUT2D eigenvalue weighted by Crippen LogP contribution is 2.24. The summed E-state index contributed by atoms with van der Waals surface area (Å²) in [6.07, 6.45) is 1.11. The van der Waals surface area contributed by atoms with Crippen LogP contribution in [-0.2, 0) is 4.74 Å². The number of aromatic nitrogens is 4. The number of nitrogens with zero attached hydrogens (tertiary/aromatic N) is 5. The van der Waals surface area contributed by atoms with Gasteiger partial charge in [0.25, 0.3) is 11.7 Å². The second-order valence-electron chi connectivity index (χ2n) is 6.37. The molecule has 1 aliphatic heterocycles. The number of hydrogen-bond acceptors (Lipinski definition) is 5. The van der Waals surface area contributed by atoms with Crippen LogP contribution >= 0.6 is 0 Å². The zero-order valence-corrected chi connectivity index (χ0v) is 16.5. The third kappa shape index (κ3) is 3.87. The van der Waals surface area contributed by atoms with Crippen molar-refractivity contribution in [2.75, 3.05) is 19.7 Å². The number of ether oxygens (including phenoxy) is 1. The van der Waals surface area contributed by atoms with Gasteiger partial charge in [-0.3, -0.25) is 4.79 Å². The summed E-state index contributed by atoms with van der Waals surface area (Å²) in [5, 5.41) is 4.20. The first-order valence-electron chi connectivity index (χ1n) is 9.37. The van der Waals surface area contributed by atoms with Crippen LogP contribution in [0.2, 0.25) is 0 Å². The molecular weight excluding hydrogens is 361 g/mol. The van der Waals surface area contributed by atoms with Gasteiger partial charge in [-0.05, 0) is 43.7 Å². The summed E-state index contributed by atoms with van der Waals surface area (Å²) in [6.45, 7) is 8.80. The van der Waals surface area contributed by atoms with E-state index in [2.05, 4.69) is 15.1 Å². The van der Waals surface area contributed by atoms with Crippen molar-refractivity contribution in [3.8, 4) is 0 Å². The van der Waals surface area contributed by atoms with Crippen LogP contribution in [0.3, 0.4) is 0 Å². The van der Waals surface area contributed by atoms with E-state index in [1.807, 2.05) is 26.8 Å². The Morgan fingerprint density at radius 1 is 1.25 bits per heavy atom. The molecule has 1 atom stereocenters. The SMILES string of the molecule is CC.Cc1cc(C2CN(C(=O)c3ccc(F)c(C)c3)CCO2)n2ncnc2n1. The number of hydrogen-bond donors (Lipinski definition) is 0. The lowest BCUT2D eigenvalue weighted by atomic mass is 10.1. The van der Waals surface area contributed by atoms with Gasteiger partial charge in [-0.1, -0.05) is 13.8 Å². The van der Waals surface area contributed by atoms with Crippen LogP contribution in [0.15, 0.2) is 30.6 Å². The van der Waals surface area contributed by atoms with Crippen LogP contribution in [0.5, 0.6) is 0 Å². The first-order chi connectivity index (χ1) is 13.5. The number of aryl methyl sites for hydroxylation is 2. The summed E-state index contributed by atoms with van der Waals surface area (Å²) >= 11 is 0. The molecule has 0 spiro atoms. The molecule has 1 aliphatic rings. The Morgan fingerprint density at radius 2 is 2.04 bits per heavy atom. The van der Waals surface area contributed by atoms with Gasteiger partial charge in [-0.25, -0.2) is 9.37 Å². The average Bonchev–Trinajstić information content (AvgIpc) is 3.19. The maximum Gasteiger partial charge on any atom is 0.254 e. The number of amides is 1. The van der Waals surface area contributed by atoms with E-state index in [4.69, 9.17) is 4.74 Å². The fraction of sp³-hybridized carbons (Fsp3) is 0.400. The Morgan fingerprint density at radius 3 is 2.79 bits per heavy atom. The molecule has 8 heteroatoms. The molecule has 1 amide bonds. The van der Waals surface area contributed by atoms with Crippen LogP contribution < -0.4 is 0 Å². The molecule has 2 aromatic heterocycles. The number of carbonyl (C=O) groups is 1. The lowest BCUT2D eigenvalue weighted by Crippen LogP contribution is -2.42. The van der Waals surface area contributed by atoms with E-state index in [9.17, 15) is 9.18 Å². The minimum Gasteiger partial charge on any atom is -0.368 e. The highest BCUT2D eigenvalue weighted by molar-refractivity contribution is 5.94. The minimum atomic E-state index is -0.333. The van der Waals surface area contributed by atoms with Gasteiger partial charge in [0.15, 0.2) is 0 Å². The molecule has 1 unspecified atom stereocenters. The molecule has 0 saturated carbocycles. The van der Waals surface area contributed by atoms with Crippen LogP contribution in [-0.4, -0.2) is 50.1 Å². The molecule has 28 heavy (non-hydrogen) atoms. The van der Waals surface area contributed by atoms with Crippen molar-refractivity contribution in [2.45, 2.75) is 33.8 Å². The van der Waals surface area contributed by atoms with Crippen LogP contribution in [0.1, 0.15) is 47.3 Å². The Balaban J connectivity index is 0.00000109. The molecule has 0 aliphatic carbocycles. The first kappa shape index (κ1) is 19.9. The Kier molecular flexibility index (Phi) is 5.99. The molecule has 0 N–H and O–H groups in total. The number of halogens is 1. The average molecular weight is 385 g/mol. The number of carbonyl (C=O) groups excluding carboxylic acids is 1. The van der Waals surface area contributed by atoms with Gasteiger partial charge in [-0.15, -0.1) is 0 Å². The maximum absolute atomic E-state index is 13.5. The highest BCUT2D eigenvalue weighted by Gasteiger charge is 2.28. The number of morpholine rings is 1. The van der Waals surface area contributed by atoms with Crippen molar-refractivity contribution in [1.82, 2.24) is 24.5 Å². The second-order valence-corrected chi connectivity index (χ2v) is 6.37. The Hall–Kier alpha value is -2.87. The minimum absolute atomic E-state index is 0.137. The van der Waals surface area contributed by atoms with Crippen LogP contribution in [0.4, 0.5) is 4.39 Å². The van der Waals surface area contributed by atoms with E-state index in [0.717, 1.165) is 11.4 Å². The van der Waals surface area contributed by atoms with E-state index < -0.39 is 0 Å². The van der Waals surface area contributed by atoms with Crippen molar-refractivity contribution < 1.29 is 13.9 Å². The van der Waals surface area contributed by atoms with Crippen LogP contribution in [0, 0.1) is 19.7 Å². The van der Waals surface area contributed by atoms with E-state index in [-0.39, 0.29) is 17.8 Å². The van der Waals surface area contributed by atoms with Crippen molar-refractivity contribution in [1.29, 1.82) is 0 Å². The Bertz CT molecular complexity index is 988. The van der Waals surface area contributed by atoms with E-state index in [1.54, 1.807) is 22.4 Å². The normalized spacial score (nSPS) is 16.6. The van der Waals surface area contributed by atoms with Crippen LogP contribution in [0.25, 0.3) is 5.78 Å². The fourth-order valence-corrected chi connectivity index (χ4v) is 3.16. The summed E-state index contributed by atoms with van der Waals surface area (Å²) in [5.74, 6) is 0.0467. The lowest BCUT2D eigenvalue weighted by Gasteiger charge is -2.33. The molecule has 1 aromatic carbocycles. The topological polar surface area (TPSA) is 72.6 Å². The van der Waals surface area contributed by atoms with Crippen molar-refractivity contribution in [2.24, 2.45) is 0 Å². The summed E-state index contributed by atoms with van der Waals surface area (Å²) in [7, 11) is 0. The lowest BCUT2D eigenvalue weighted by molar-refractivity contribution is -0.0257. The summed E-state index contributed by atoms with van der Waals surface area (Å²) < 4.78 is 21.0. The van der Waals surface area contributed by atoms with Crippen molar-refractivity contribution >= 4 is 11.7 Å². The molecule has 1 fully saturated rings. The smallest absolute Gasteiger partial charge is 0.254 e. The molecule has 0 radical (unpaired) electrons. The van der Waals surface area contributed by atoms with Crippen molar-refractivity contribution in [3.63, 3.8) is 0 Å². The molecule has 4 rings (SSSR count). The summed E-state index contributed by atoms with van der Waals surface area (Å²) in [4.78, 5) is 23.0. The summed E-state index contributed by atoms with van der Waals surface area (Å²) in [6, 6.07) is 6.31. The van der Waals surface area contributed by atoms with Gasteiger partial charge >= 0.3 is 0 Å². The summed E-state index contributed by atoms with van der Waals surface area (Å²) in [5.41, 5.74) is 2.54. The number of benzene rings is 1. The molecule has 3 aromatic rings. The van der Waals surface area contributed by atoms with Gasteiger partial charge in [0.1, 0.15) is 18.2 Å². The quantitative estimate of drug-likeness (QED) is 0.678. The first-order valence-corrected chi connectivity index (χ1v) is 9.37. The van der Waals surface area contributed by atoms with E-state index >= 15 is 0 Å².